The van der Waals surface area contributed by atoms with E-state index in [9.17, 15) is 0 Å². The van der Waals surface area contributed by atoms with Gasteiger partial charge in [-0.05, 0) is 96.1 Å². The van der Waals surface area contributed by atoms with Crippen molar-refractivity contribution in [1.29, 1.82) is 0 Å². The average molecular weight is 619 g/mol. The molecule has 226 valence electrons. The van der Waals surface area contributed by atoms with Gasteiger partial charge < -0.3 is 18.2 Å². The van der Waals surface area contributed by atoms with Crippen molar-refractivity contribution in [1.82, 2.24) is 4.98 Å². The molecule has 0 fully saturated rings. The summed E-state index contributed by atoms with van der Waals surface area (Å²) in [5, 5.41) is 4.14. The van der Waals surface area contributed by atoms with Crippen molar-refractivity contribution in [2.75, 3.05) is 4.90 Å². The summed E-state index contributed by atoms with van der Waals surface area (Å²) in [6.45, 7) is 0. The molecule has 10 rings (SSSR count). The van der Waals surface area contributed by atoms with Crippen molar-refractivity contribution < 1.29 is 13.3 Å². The highest BCUT2D eigenvalue weighted by Crippen LogP contribution is 2.41. The molecule has 7 aromatic carbocycles. The van der Waals surface area contributed by atoms with E-state index in [1.54, 1.807) is 0 Å². The lowest BCUT2D eigenvalue weighted by Crippen LogP contribution is -2.09. The van der Waals surface area contributed by atoms with Gasteiger partial charge in [0, 0.05) is 38.8 Å². The Morgan fingerprint density at radius 2 is 1.02 bits per heavy atom. The molecule has 3 aromatic heterocycles. The number of hydrogen-bond donors (Lipinski definition) is 0. The minimum absolute atomic E-state index is 0.599. The molecular formula is C43H26N2O3. The van der Waals surface area contributed by atoms with Crippen LogP contribution in [0.2, 0.25) is 0 Å². The molecule has 0 radical (unpaired) electrons. The number of hydrogen-bond acceptors (Lipinski definition) is 5. The number of fused-ring (bicyclic) bond motifs is 8. The van der Waals surface area contributed by atoms with Gasteiger partial charge in [0.2, 0.25) is 5.89 Å². The molecule has 5 heteroatoms. The van der Waals surface area contributed by atoms with E-state index in [1.165, 1.54) is 0 Å². The number of anilines is 3. The minimum atomic E-state index is 0.599. The maximum atomic E-state index is 6.37. The average Bonchev–Trinajstić information content (AvgIpc) is 3.86. The van der Waals surface area contributed by atoms with Gasteiger partial charge in [-0.3, -0.25) is 0 Å². The predicted octanol–water partition coefficient (Wildman–Crippen LogP) is 12.4. The standard InChI is InChI=1S/C43H26N2O3/c1-3-9-28(10-4-1)43-44-36-21-24-40-41(42(36)48-43)35-25-29(17-22-39(35)47-40)27-15-18-31(19-16-27)45(30-11-5-2-6-12-30)32-20-23-38-34(26-32)33-13-7-8-14-37(33)46-38/h1-26H. The lowest BCUT2D eigenvalue weighted by atomic mass is 10.0. The van der Waals surface area contributed by atoms with Crippen molar-refractivity contribution in [3.63, 3.8) is 0 Å². The monoisotopic (exact) mass is 618 g/mol. The predicted molar refractivity (Wildman–Crippen MR) is 194 cm³/mol. The molecule has 48 heavy (non-hydrogen) atoms. The highest BCUT2D eigenvalue weighted by Gasteiger charge is 2.18. The zero-order valence-electron chi connectivity index (χ0n) is 25.6. The Labute approximate surface area is 274 Å². The molecule has 10 aromatic rings. The molecule has 0 unspecified atom stereocenters. The van der Waals surface area contributed by atoms with Crippen LogP contribution in [0, 0.1) is 0 Å². The van der Waals surface area contributed by atoms with Gasteiger partial charge in [-0.2, -0.15) is 0 Å². The van der Waals surface area contributed by atoms with Gasteiger partial charge in [0.05, 0.1) is 5.39 Å². The lowest BCUT2D eigenvalue weighted by molar-refractivity contribution is 0.622. The second-order valence-electron chi connectivity index (χ2n) is 12.0. The molecule has 3 heterocycles. The van der Waals surface area contributed by atoms with Gasteiger partial charge in [0.25, 0.3) is 0 Å². The van der Waals surface area contributed by atoms with E-state index in [-0.39, 0.29) is 0 Å². The molecule has 0 bridgehead atoms. The zero-order chi connectivity index (χ0) is 31.6. The molecule has 0 spiro atoms. The molecule has 0 saturated carbocycles. The Morgan fingerprint density at radius 3 is 1.88 bits per heavy atom. The molecule has 0 amide bonds. The Bertz CT molecular complexity index is 2770. The van der Waals surface area contributed by atoms with Crippen LogP contribution in [0.1, 0.15) is 0 Å². The first-order valence-corrected chi connectivity index (χ1v) is 15.9. The number of nitrogens with zero attached hydrogens (tertiary/aromatic N) is 2. The summed E-state index contributed by atoms with van der Waals surface area (Å²) in [6.07, 6.45) is 0. The Kier molecular flexibility index (Phi) is 5.81. The van der Waals surface area contributed by atoms with E-state index >= 15 is 0 Å². The Morgan fingerprint density at radius 1 is 0.396 bits per heavy atom. The minimum Gasteiger partial charge on any atom is -0.456 e. The Hall–Kier alpha value is -6.59. The second-order valence-corrected chi connectivity index (χ2v) is 12.0. The fourth-order valence-corrected chi connectivity index (χ4v) is 6.81. The van der Waals surface area contributed by atoms with E-state index in [0.717, 1.165) is 88.7 Å². The summed E-state index contributed by atoms with van der Waals surface area (Å²) in [7, 11) is 0. The topological polar surface area (TPSA) is 55.6 Å². The van der Waals surface area contributed by atoms with Crippen LogP contribution in [0.25, 0.3) is 77.6 Å². The fraction of sp³-hybridized carbons (Fsp3) is 0. The van der Waals surface area contributed by atoms with Crippen LogP contribution in [-0.2, 0) is 0 Å². The third kappa shape index (κ3) is 4.22. The highest BCUT2D eigenvalue weighted by molar-refractivity contribution is 6.17. The van der Waals surface area contributed by atoms with Gasteiger partial charge in [-0.25, -0.2) is 4.98 Å². The maximum absolute atomic E-state index is 6.37. The number of para-hydroxylation sites is 2. The maximum Gasteiger partial charge on any atom is 0.227 e. The van der Waals surface area contributed by atoms with E-state index in [0.29, 0.717) is 5.89 Å². The summed E-state index contributed by atoms with van der Waals surface area (Å²) < 4.78 is 18.8. The molecule has 0 aliphatic carbocycles. The number of rotatable bonds is 5. The molecule has 5 nitrogen and oxygen atoms in total. The van der Waals surface area contributed by atoms with Crippen molar-refractivity contribution >= 4 is 72.0 Å². The smallest absolute Gasteiger partial charge is 0.227 e. The molecule has 0 N–H and O–H groups in total. The summed E-state index contributed by atoms with van der Waals surface area (Å²) in [5.74, 6) is 0.599. The number of aromatic nitrogens is 1. The zero-order valence-corrected chi connectivity index (χ0v) is 25.6. The van der Waals surface area contributed by atoms with Gasteiger partial charge in [0.1, 0.15) is 27.8 Å². The number of oxazole rings is 1. The van der Waals surface area contributed by atoms with Crippen molar-refractivity contribution in [2.45, 2.75) is 0 Å². The van der Waals surface area contributed by atoms with E-state index in [4.69, 9.17) is 18.2 Å². The van der Waals surface area contributed by atoms with E-state index in [2.05, 4.69) is 95.9 Å². The fourth-order valence-electron chi connectivity index (χ4n) is 6.81. The third-order valence-corrected chi connectivity index (χ3v) is 9.10. The largest absolute Gasteiger partial charge is 0.456 e. The summed E-state index contributed by atoms with van der Waals surface area (Å²) in [5.41, 5.74) is 11.2. The first-order chi connectivity index (χ1) is 23.8. The number of furan rings is 2. The molecule has 0 aliphatic rings. The van der Waals surface area contributed by atoms with Crippen LogP contribution in [0.15, 0.2) is 171 Å². The van der Waals surface area contributed by atoms with Crippen LogP contribution in [0.4, 0.5) is 17.1 Å². The van der Waals surface area contributed by atoms with Gasteiger partial charge in [0.15, 0.2) is 5.58 Å². The van der Waals surface area contributed by atoms with Gasteiger partial charge >= 0.3 is 0 Å². The van der Waals surface area contributed by atoms with E-state index < -0.39 is 0 Å². The van der Waals surface area contributed by atoms with Crippen LogP contribution >= 0.6 is 0 Å². The Balaban J connectivity index is 1.07. The normalized spacial score (nSPS) is 11.8. The van der Waals surface area contributed by atoms with Crippen molar-refractivity contribution in [3.05, 3.63) is 158 Å². The first kappa shape index (κ1) is 26.6. The second kappa shape index (κ2) is 10.5. The summed E-state index contributed by atoms with van der Waals surface area (Å²) in [4.78, 5) is 7.07. The molecule has 0 atom stereocenters. The third-order valence-electron chi connectivity index (χ3n) is 9.10. The van der Waals surface area contributed by atoms with E-state index in [1.807, 2.05) is 66.7 Å². The van der Waals surface area contributed by atoms with Crippen LogP contribution in [0.3, 0.4) is 0 Å². The number of benzene rings is 7. The quantitative estimate of drug-likeness (QED) is 0.192. The van der Waals surface area contributed by atoms with Crippen molar-refractivity contribution in [3.8, 4) is 22.6 Å². The highest BCUT2D eigenvalue weighted by atomic mass is 16.4. The van der Waals surface area contributed by atoms with Crippen LogP contribution in [0.5, 0.6) is 0 Å². The molecule has 0 aliphatic heterocycles. The van der Waals surface area contributed by atoms with Gasteiger partial charge in [-0.15, -0.1) is 0 Å². The SMILES string of the molecule is c1ccc(-c2nc3ccc4oc5ccc(-c6ccc(N(c7ccccc7)c7ccc8oc9ccccc9c8c7)cc6)cc5c4c3o2)cc1. The summed E-state index contributed by atoms with van der Waals surface area (Å²) >= 11 is 0. The van der Waals surface area contributed by atoms with Gasteiger partial charge in [-0.1, -0.05) is 72.8 Å². The van der Waals surface area contributed by atoms with Crippen LogP contribution < -0.4 is 4.90 Å². The summed E-state index contributed by atoms with van der Waals surface area (Å²) in [6, 6.07) is 54.0. The van der Waals surface area contributed by atoms with Crippen molar-refractivity contribution in [2.24, 2.45) is 0 Å². The first-order valence-electron chi connectivity index (χ1n) is 15.9. The molecular weight excluding hydrogens is 592 g/mol. The van der Waals surface area contributed by atoms with Crippen LogP contribution in [-0.4, -0.2) is 4.98 Å². The molecule has 0 saturated heterocycles. The lowest BCUT2D eigenvalue weighted by Gasteiger charge is -2.25.